The lowest BCUT2D eigenvalue weighted by atomic mass is 10.0. The highest BCUT2D eigenvalue weighted by Gasteiger charge is 2.09. The average Bonchev–Trinajstić information content (AvgIpc) is 2.59. The van der Waals surface area contributed by atoms with Crippen LogP contribution in [0, 0.1) is 0 Å². The molecule has 120 valence electrons. The number of ether oxygens (including phenoxy) is 1. The molecule has 0 aliphatic carbocycles. The Balaban J connectivity index is 0.00000192. The molecule has 0 radical (unpaired) electrons. The Morgan fingerprint density at radius 2 is 1.57 bits per heavy atom. The van der Waals surface area contributed by atoms with Crippen LogP contribution in [0.25, 0.3) is 10.8 Å². The van der Waals surface area contributed by atoms with Gasteiger partial charge in [0.1, 0.15) is 5.75 Å². The Morgan fingerprint density at radius 1 is 0.870 bits per heavy atom. The van der Waals surface area contributed by atoms with E-state index in [9.17, 15) is 0 Å². The fourth-order valence-electron chi connectivity index (χ4n) is 2.77. The van der Waals surface area contributed by atoms with Crippen LogP contribution < -0.4 is 10.1 Å². The summed E-state index contributed by atoms with van der Waals surface area (Å²) in [5, 5.41) is 5.75. The monoisotopic (exact) mass is 327 g/mol. The van der Waals surface area contributed by atoms with Crippen molar-refractivity contribution in [1.29, 1.82) is 0 Å². The third-order valence-electron chi connectivity index (χ3n) is 3.96. The van der Waals surface area contributed by atoms with Crippen molar-refractivity contribution in [2.24, 2.45) is 0 Å². The van der Waals surface area contributed by atoms with Crippen LogP contribution in [-0.4, -0.2) is 13.7 Å². The van der Waals surface area contributed by atoms with Gasteiger partial charge in [-0.1, -0.05) is 66.7 Å². The minimum Gasteiger partial charge on any atom is -0.493 e. The number of hydrogen-bond acceptors (Lipinski definition) is 2. The smallest absolute Gasteiger partial charge is 0.127 e. The molecule has 0 saturated carbocycles. The molecule has 0 saturated heterocycles. The van der Waals surface area contributed by atoms with Gasteiger partial charge in [0.2, 0.25) is 0 Å². The number of benzene rings is 3. The number of fused-ring (bicyclic) bond motifs is 1. The lowest BCUT2D eigenvalue weighted by molar-refractivity contribution is 0.293. The summed E-state index contributed by atoms with van der Waals surface area (Å²) in [6.45, 7) is 0.689. The van der Waals surface area contributed by atoms with Crippen LogP contribution >= 0.6 is 12.4 Å². The zero-order valence-corrected chi connectivity index (χ0v) is 14.1. The zero-order valence-electron chi connectivity index (χ0n) is 13.2. The predicted octanol–water partition coefficient (Wildman–Crippen LogP) is 4.99. The zero-order chi connectivity index (χ0) is 15.2. The summed E-state index contributed by atoms with van der Waals surface area (Å²) in [6.07, 6.45) is 0.934. The van der Waals surface area contributed by atoms with Crippen molar-refractivity contribution >= 4 is 23.2 Å². The molecule has 0 aromatic heterocycles. The molecular weight excluding hydrogens is 306 g/mol. The quantitative estimate of drug-likeness (QED) is 0.688. The van der Waals surface area contributed by atoms with Crippen LogP contribution in [0.15, 0.2) is 72.8 Å². The van der Waals surface area contributed by atoms with Crippen molar-refractivity contribution in [1.82, 2.24) is 5.32 Å². The molecule has 23 heavy (non-hydrogen) atoms. The molecule has 0 amide bonds. The predicted molar refractivity (Wildman–Crippen MR) is 99.6 cm³/mol. The van der Waals surface area contributed by atoms with Gasteiger partial charge in [0.25, 0.3) is 0 Å². The summed E-state index contributed by atoms with van der Waals surface area (Å²) in [5.74, 6) is 0.959. The molecular formula is C20H22ClNO. The van der Waals surface area contributed by atoms with E-state index >= 15 is 0 Å². The van der Waals surface area contributed by atoms with Crippen molar-refractivity contribution in [2.75, 3.05) is 13.7 Å². The first kappa shape index (κ1) is 17.3. The second-order valence-corrected chi connectivity index (χ2v) is 5.37. The standard InChI is InChI=1S/C20H21NO.ClH/c1-21-19(17-9-3-2-4-10-17)14-15-22-20-13-7-11-16-8-5-6-12-18(16)20;/h2-13,19,21H,14-15H2,1H3;1H. The normalized spacial score (nSPS) is 11.7. The largest absolute Gasteiger partial charge is 0.493 e. The lowest BCUT2D eigenvalue weighted by Crippen LogP contribution is -2.19. The molecule has 0 bridgehead atoms. The summed E-state index contributed by atoms with van der Waals surface area (Å²) < 4.78 is 6.03. The van der Waals surface area contributed by atoms with E-state index in [-0.39, 0.29) is 12.4 Å². The Hall–Kier alpha value is -2.03. The van der Waals surface area contributed by atoms with Gasteiger partial charge in [-0.15, -0.1) is 12.4 Å². The molecule has 3 rings (SSSR count). The SMILES string of the molecule is CNC(CCOc1cccc2ccccc12)c1ccccc1.Cl. The topological polar surface area (TPSA) is 21.3 Å². The van der Waals surface area contributed by atoms with Gasteiger partial charge in [0, 0.05) is 17.8 Å². The minimum atomic E-state index is 0. The summed E-state index contributed by atoms with van der Waals surface area (Å²) >= 11 is 0. The third kappa shape index (κ3) is 4.25. The molecule has 0 fully saturated rings. The molecule has 0 aliphatic rings. The highest BCUT2D eigenvalue weighted by molar-refractivity contribution is 5.88. The van der Waals surface area contributed by atoms with Crippen LogP contribution in [-0.2, 0) is 0 Å². The average molecular weight is 328 g/mol. The van der Waals surface area contributed by atoms with E-state index in [2.05, 4.69) is 59.9 Å². The maximum absolute atomic E-state index is 6.03. The molecule has 1 unspecified atom stereocenters. The first-order chi connectivity index (χ1) is 10.9. The van der Waals surface area contributed by atoms with E-state index in [0.717, 1.165) is 12.2 Å². The lowest BCUT2D eigenvalue weighted by Gasteiger charge is -2.17. The van der Waals surface area contributed by atoms with Crippen molar-refractivity contribution in [3.8, 4) is 5.75 Å². The number of hydrogen-bond donors (Lipinski definition) is 1. The molecule has 2 nitrogen and oxygen atoms in total. The molecule has 0 heterocycles. The van der Waals surface area contributed by atoms with Gasteiger partial charge in [-0.25, -0.2) is 0 Å². The van der Waals surface area contributed by atoms with E-state index < -0.39 is 0 Å². The van der Waals surface area contributed by atoms with Crippen LogP contribution in [0.5, 0.6) is 5.75 Å². The van der Waals surface area contributed by atoms with Crippen LogP contribution in [0.3, 0.4) is 0 Å². The van der Waals surface area contributed by atoms with Crippen molar-refractivity contribution < 1.29 is 4.74 Å². The first-order valence-electron chi connectivity index (χ1n) is 7.71. The Labute approximate surface area is 143 Å². The summed E-state index contributed by atoms with van der Waals surface area (Å²) in [5.41, 5.74) is 1.30. The number of rotatable bonds is 6. The van der Waals surface area contributed by atoms with E-state index in [1.807, 2.05) is 25.2 Å². The Morgan fingerprint density at radius 3 is 2.35 bits per heavy atom. The summed E-state index contributed by atoms with van der Waals surface area (Å²) in [4.78, 5) is 0. The van der Waals surface area contributed by atoms with E-state index in [1.54, 1.807) is 0 Å². The fraction of sp³-hybridized carbons (Fsp3) is 0.200. The van der Waals surface area contributed by atoms with Gasteiger partial charge in [0.05, 0.1) is 6.61 Å². The Bertz CT molecular complexity index is 725. The first-order valence-corrected chi connectivity index (χ1v) is 7.71. The molecule has 3 aromatic carbocycles. The fourth-order valence-corrected chi connectivity index (χ4v) is 2.77. The van der Waals surface area contributed by atoms with Gasteiger partial charge in [-0.2, -0.15) is 0 Å². The molecule has 3 heteroatoms. The van der Waals surface area contributed by atoms with E-state index in [1.165, 1.54) is 16.3 Å². The van der Waals surface area contributed by atoms with Crippen molar-refractivity contribution in [3.63, 3.8) is 0 Å². The van der Waals surface area contributed by atoms with Crippen LogP contribution in [0.2, 0.25) is 0 Å². The molecule has 1 N–H and O–H groups in total. The molecule has 0 aliphatic heterocycles. The molecule has 1 atom stereocenters. The highest BCUT2D eigenvalue weighted by Crippen LogP contribution is 2.26. The second-order valence-electron chi connectivity index (χ2n) is 5.37. The van der Waals surface area contributed by atoms with Gasteiger partial charge >= 0.3 is 0 Å². The maximum atomic E-state index is 6.03. The van der Waals surface area contributed by atoms with Gasteiger partial charge in [-0.3, -0.25) is 0 Å². The third-order valence-corrected chi connectivity index (χ3v) is 3.96. The Kier molecular flexibility index (Phi) is 6.45. The van der Waals surface area contributed by atoms with Crippen LogP contribution in [0.1, 0.15) is 18.0 Å². The number of halogens is 1. The van der Waals surface area contributed by atoms with E-state index in [4.69, 9.17) is 4.74 Å². The van der Waals surface area contributed by atoms with Crippen LogP contribution in [0.4, 0.5) is 0 Å². The summed E-state index contributed by atoms with van der Waals surface area (Å²) in [6, 6.07) is 25.3. The second kappa shape index (κ2) is 8.56. The molecule has 3 aromatic rings. The minimum absolute atomic E-state index is 0. The van der Waals surface area contributed by atoms with Crippen molar-refractivity contribution in [2.45, 2.75) is 12.5 Å². The summed E-state index contributed by atoms with van der Waals surface area (Å²) in [7, 11) is 2.00. The maximum Gasteiger partial charge on any atom is 0.127 e. The molecule has 0 spiro atoms. The highest BCUT2D eigenvalue weighted by atomic mass is 35.5. The van der Waals surface area contributed by atoms with Gasteiger partial charge < -0.3 is 10.1 Å². The van der Waals surface area contributed by atoms with E-state index in [0.29, 0.717) is 12.6 Å². The number of nitrogens with one attached hydrogen (secondary N) is 1. The van der Waals surface area contributed by atoms with Crippen molar-refractivity contribution in [3.05, 3.63) is 78.4 Å². The van der Waals surface area contributed by atoms with Gasteiger partial charge in [-0.05, 0) is 24.1 Å². The van der Waals surface area contributed by atoms with Gasteiger partial charge in [0.15, 0.2) is 0 Å².